The molecule has 3 heterocycles. The highest BCUT2D eigenvalue weighted by atomic mass is 19.1. The number of alkyl halides is 1. The van der Waals surface area contributed by atoms with Gasteiger partial charge in [-0.3, -0.25) is 4.57 Å². The fourth-order valence-corrected chi connectivity index (χ4v) is 4.27. The molecule has 0 radical (unpaired) electrons. The van der Waals surface area contributed by atoms with Gasteiger partial charge in [0.1, 0.15) is 17.5 Å². The molecule has 31 heavy (non-hydrogen) atoms. The highest BCUT2D eigenvalue weighted by Gasteiger charge is 2.30. The summed E-state index contributed by atoms with van der Waals surface area (Å²) in [6, 6.07) is 21.0. The molecule has 0 spiro atoms. The van der Waals surface area contributed by atoms with Gasteiger partial charge >= 0.3 is 0 Å². The normalized spacial score (nSPS) is 17.9. The molecule has 1 aliphatic carbocycles. The molecule has 0 aliphatic heterocycles. The molecule has 7 heteroatoms. The highest BCUT2D eigenvalue weighted by Crippen LogP contribution is 2.35. The number of hydrogen-bond donors (Lipinski definition) is 1. The predicted octanol–water partition coefficient (Wildman–Crippen LogP) is 4.17. The third-order valence-electron chi connectivity index (χ3n) is 5.81. The topological polar surface area (TPSA) is 74.6 Å². The lowest BCUT2D eigenvalue weighted by Gasteiger charge is -2.12. The van der Waals surface area contributed by atoms with Crippen LogP contribution in [0.25, 0.3) is 34.1 Å². The largest absolute Gasteiger partial charge is 0.322 e. The average molecular weight is 410 g/mol. The summed E-state index contributed by atoms with van der Waals surface area (Å²) in [5, 5.41) is 4.29. The van der Waals surface area contributed by atoms with Gasteiger partial charge in [0.05, 0.1) is 6.04 Å². The van der Waals surface area contributed by atoms with Crippen LogP contribution in [-0.4, -0.2) is 30.5 Å². The molecule has 6 nitrogen and oxygen atoms in total. The summed E-state index contributed by atoms with van der Waals surface area (Å²) in [5.74, 6) is 1.48. The number of imidazole rings is 1. The average Bonchev–Trinajstić information content (AvgIpc) is 3.52. The van der Waals surface area contributed by atoms with Crippen molar-refractivity contribution in [3.8, 4) is 22.9 Å². The second kappa shape index (κ2) is 6.85. The predicted molar refractivity (Wildman–Crippen MR) is 117 cm³/mol. The molecular formula is C24H19FN6. The summed E-state index contributed by atoms with van der Waals surface area (Å²) in [6.45, 7) is 0. The molecule has 3 aromatic heterocycles. The van der Waals surface area contributed by atoms with E-state index in [0.29, 0.717) is 17.9 Å². The Morgan fingerprint density at radius 2 is 1.84 bits per heavy atom. The molecule has 152 valence electrons. The van der Waals surface area contributed by atoms with E-state index in [4.69, 9.17) is 15.7 Å². The minimum absolute atomic E-state index is 0.323. The number of nitrogens with zero attached hydrogens (tertiary/aromatic N) is 5. The summed E-state index contributed by atoms with van der Waals surface area (Å²) in [4.78, 5) is 9.74. The molecule has 0 saturated carbocycles. The first-order chi connectivity index (χ1) is 15.2. The van der Waals surface area contributed by atoms with E-state index in [2.05, 4.69) is 5.10 Å². The lowest BCUT2D eigenvalue weighted by molar-refractivity contribution is 0.303. The molecule has 0 saturated heterocycles. The van der Waals surface area contributed by atoms with E-state index in [1.165, 1.54) is 0 Å². The number of benzene rings is 2. The van der Waals surface area contributed by atoms with Crippen LogP contribution in [0.4, 0.5) is 4.39 Å². The molecule has 2 atom stereocenters. The molecule has 2 N–H and O–H groups in total. The fraction of sp³-hybridized carbons (Fsp3) is 0.125. The van der Waals surface area contributed by atoms with E-state index in [0.717, 1.165) is 33.7 Å². The lowest BCUT2D eigenvalue weighted by atomic mass is 10.1. The van der Waals surface area contributed by atoms with Gasteiger partial charge in [-0.1, -0.05) is 36.4 Å². The SMILES string of the molecule is N[C@@H]1c2ccc(-n3c(-c4ccccc4)nc4ccc(-n5cccn5)nc43)cc2CC1F. The summed E-state index contributed by atoms with van der Waals surface area (Å²) < 4.78 is 18.0. The van der Waals surface area contributed by atoms with Crippen molar-refractivity contribution in [1.29, 1.82) is 0 Å². The molecule has 5 aromatic rings. The second-order valence-electron chi connectivity index (χ2n) is 7.73. The monoisotopic (exact) mass is 410 g/mol. The fourth-order valence-electron chi connectivity index (χ4n) is 4.27. The van der Waals surface area contributed by atoms with Crippen molar-refractivity contribution in [1.82, 2.24) is 24.3 Å². The number of rotatable bonds is 3. The number of pyridine rings is 1. The van der Waals surface area contributed by atoms with Gasteiger partial charge in [-0.25, -0.2) is 19.0 Å². The number of halogens is 1. The zero-order valence-corrected chi connectivity index (χ0v) is 16.6. The van der Waals surface area contributed by atoms with E-state index < -0.39 is 12.2 Å². The van der Waals surface area contributed by atoms with Crippen LogP contribution in [0, 0.1) is 0 Å². The van der Waals surface area contributed by atoms with Gasteiger partial charge < -0.3 is 5.73 Å². The van der Waals surface area contributed by atoms with E-state index in [9.17, 15) is 4.39 Å². The Balaban J connectivity index is 1.61. The third kappa shape index (κ3) is 2.85. The van der Waals surface area contributed by atoms with Crippen molar-refractivity contribution in [2.45, 2.75) is 18.6 Å². The first-order valence-corrected chi connectivity index (χ1v) is 10.2. The molecule has 2 aromatic carbocycles. The first-order valence-electron chi connectivity index (χ1n) is 10.2. The van der Waals surface area contributed by atoms with E-state index >= 15 is 0 Å². The van der Waals surface area contributed by atoms with Crippen molar-refractivity contribution in [2.24, 2.45) is 5.73 Å². The molecule has 0 bridgehead atoms. The molecule has 0 amide bonds. The quantitative estimate of drug-likeness (QED) is 0.485. The van der Waals surface area contributed by atoms with Crippen molar-refractivity contribution in [2.75, 3.05) is 0 Å². The van der Waals surface area contributed by atoms with Crippen LogP contribution >= 0.6 is 0 Å². The Morgan fingerprint density at radius 1 is 0.968 bits per heavy atom. The van der Waals surface area contributed by atoms with Crippen molar-refractivity contribution >= 4 is 11.2 Å². The zero-order valence-electron chi connectivity index (χ0n) is 16.6. The van der Waals surface area contributed by atoms with Gasteiger partial charge in [0.2, 0.25) is 0 Å². The zero-order chi connectivity index (χ0) is 20.9. The van der Waals surface area contributed by atoms with Gasteiger partial charge in [-0.2, -0.15) is 5.10 Å². The van der Waals surface area contributed by atoms with Crippen LogP contribution in [-0.2, 0) is 6.42 Å². The first kappa shape index (κ1) is 18.0. The van der Waals surface area contributed by atoms with E-state index in [1.807, 2.05) is 77.5 Å². The maximum Gasteiger partial charge on any atom is 0.167 e. The van der Waals surface area contributed by atoms with Crippen LogP contribution < -0.4 is 5.73 Å². The van der Waals surface area contributed by atoms with Gasteiger partial charge in [-0.15, -0.1) is 0 Å². The summed E-state index contributed by atoms with van der Waals surface area (Å²) in [7, 11) is 0. The summed E-state index contributed by atoms with van der Waals surface area (Å²) in [5.41, 5.74) is 11.2. The van der Waals surface area contributed by atoms with Gasteiger partial charge in [0.15, 0.2) is 11.5 Å². The smallest absolute Gasteiger partial charge is 0.167 e. The second-order valence-corrected chi connectivity index (χ2v) is 7.73. The van der Waals surface area contributed by atoms with Crippen LogP contribution in [0.15, 0.2) is 79.1 Å². The Hall–Kier alpha value is -3.84. The summed E-state index contributed by atoms with van der Waals surface area (Å²) >= 11 is 0. The maximum atomic E-state index is 14.2. The Kier molecular flexibility index (Phi) is 3.97. The van der Waals surface area contributed by atoms with E-state index in [-0.39, 0.29) is 0 Å². The molecule has 1 aliphatic rings. The van der Waals surface area contributed by atoms with Crippen LogP contribution in [0.3, 0.4) is 0 Å². The number of aromatic nitrogens is 5. The minimum Gasteiger partial charge on any atom is -0.322 e. The van der Waals surface area contributed by atoms with Crippen LogP contribution in [0.5, 0.6) is 0 Å². The van der Waals surface area contributed by atoms with Crippen molar-refractivity contribution in [3.63, 3.8) is 0 Å². The van der Waals surface area contributed by atoms with Crippen molar-refractivity contribution < 1.29 is 4.39 Å². The van der Waals surface area contributed by atoms with Gasteiger partial charge in [0, 0.05) is 30.1 Å². The molecular weight excluding hydrogens is 391 g/mol. The lowest BCUT2D eigenvalue weighted by Crippen LogP contribution is -2.17. The number of fused-ring (bicyclic) bond motifs is 2. The van der Waals surface area contributed by atoms with E-state index in [1.54, 1.807) is 10.9 Å². The molecule has 6 rings (SSSR count). The minimum atomic E-state index is -1.05. The number of nitrogens with two attached hydrogens (primary N) is 1. The Labute approximate surface area is 177 Å². The van der Waals surface area contributed by atoms with Crippen LogP contribution in [0.1, 0.15) is 17.2 Å². The van der Waals surface area contributed by atoms with Gasteiger partial charge in [-0.05, 0) is 41.5 Å². The molecule has 1 unspecified atom stereocenters. The van der Waals surface area contributed by atoms with Gasteiger partial charge in [0.25, 0.3) is 0 Å². The Bertz CT molecular complexity index is 1390. The third-order valence-corrected chi connectivity index (χ3v) is 5.81. The highest BCUT2D eigenvalue weighted by molar-refractivity contribution is 5.81. The summed E-state index contributed by atoms with van der Waals surface area (Å²) in [6.07, 6.45) is 2.84. The molecule has 0 fully saturated rings. The standard InChI is InChI=1S/C24H19FN6/c25-19-14-16-13-17(7-8-18(16)22(19)26)31-23(15-5-2-1-3-6-15)28-20-9-10-21(29-24(20)31)30-12-4-11-27-30/h1-13,19,22H,14,26H2/t19?,22-/m1/s1. The Morgan fingerprint density at radius 3 is 2.65 bits per heavy atom. The van der Waals surface area contributed by atoms with Crippen molar-refractivity contribution in [3.05, 3.63) is 90.3 Å². The van der Waals surface area contributed by atoms with Crippen LogP contribution in [0.2, 0.25) is 0 Å². The maximum absolute atomic E-state index is 14.2. The number of hydrogen-bond acceptors (Lipinski definition) is 4.